The van der Waals surface area contributed by atoms with Crippen molar-refractivity contribution in [2.45, 2.75) is 25.8 Å². The molecule has 0 aliphatic carbocycles. The normalized spacial score (nSPS) is 12.1. The molecule has 4 heteroatoms. The predicted molar refractivity (Wildman–Crippen MR) is 66.1 cm³/mol. The van der Waals surface area contributed by atoms with Crippen molar-refractivity contribution >= 4 is 5.91 Å². The van der Waals surface area contributed by atoms with E-state index in [1.807, 2.05) is 0 Å². The first-order valence-electron chi connectivity index (χ1n) is 5.76. The number of benzene rings is 1. The van der Waals surface area contributed by atoms with Crippen molar-refractivity contribution in [3.8, 4) is 5.75 Å². The summed E-state index contributed by atoms with van der Waals surface area (Å²) >= 11 is 0. The van der Waals surface area contributed by atoms with Crippen molar-refractivity contribution in [1.82, 2.24) is 5.32 Å². The van der Waals surface area contributed by atoms with Crippen molar-refractivity contribution in [1.29, 1.82) is 0 Å². The summed E-state index contributed by atoms with van der Waals surface area (Å²) in [4.78, 5) is 11.9. The lowest BCUT2D eigenvalue weighted by molar-refractivity contribution is 0.0891. The van der Waals surface area contributed by atoms with E-state index >= 15 is 0 Å². The summed E-state index contributed by atoms with van der Waals surface area (Å²) in [5.41, 5.74) is 0.460. The molecule has 1 aromatic rings. The first kappa shape index (κ1) is 13.5. The number of hydrogen-bond acceptors (Lipinski definition) is 3. The lowest BCUT2D eigenvalue weighted by atomic mass is 10.1. The summed E-state index contributed by atoms with van der Waals surface area (Å²) < 4.78 is 5.05. The minimum absolute atomic E-state index is 0.0137. The van der Waals surface area contributed by atoms with Crippen LogP contribution in [-0.2, 0) is 4.74 Å². The summed E-state index contributed by atoms with van der Waals surface area (Å²) in [6.07, 6.45) is 1.85. The number of aromatic hydroxyl groups is 1. The summed E-state index contributed by atoms with van der Waals surface area (Å²) in [6, 6.07) is 6.32. The SMILES string of the molecule is CCCC(COC)NC(=O)c1cccc(O)c1. The van der Waals surface area contributed by atoms with Gasteiger partial charge in [-0.2, -0.15) is 0 Å². The molecular weight excluding hydrogens is 218 g/mol. The fourth-order valence-electron chi connectivity index (χ4n) is 1.66. The topological polar surface area (TPSA) is 58.6 Å². The van der Waals surface area contributed by atoms with Crippen LogP contribution in [0.25, 0.3) is 0 Å². The van der Waals surface area contributed by atoms with Crippen molar-refractivity contribution in [2.75, 3.05) is 13.7 Å². The van der Waals surface area contributed by atoms with Crippen LogP contribution in [0.3, 0.4) is 0 Å². The maximum atomic E-state index is 11.9. The van der Waals surface area contributed by atoms with Crippen molar-refractivity contribution in [3.63, 3.8) is 0 Å². The van der Waals surface area contributed by atoms with Crippen LogP contribution in [0.2, 0.25) is 0 Å². The van der Waals surface area contributed by atoms with Gasteiger partial charge in [0.05, 0.1) is 12.6 Å². The lowest BCUT2D eigenvalue weighted by Crippen LogP contribution is -2.37. The highest BCUT2D eigenvalue weighted by molar-refractivity contribution is 5.94. The van der Waals surface area contributed by atoms with Gasteiger partial charge in [-0.15, -0.1) is 0 Å². The number of amides is 1. The molecule has 1 aromatic carbocycles. The second-order valence-corrected chi connectivity index (χ2v) is 3.96. The largest absolute Gasteiger partial charge is 0.508 e. The van der Waals surface area contributed by atoms with E-state index in [2.05, 4.69) is 12.2 Å². The van der Waals surface area contributed by atoms with Gasteiger partial charge < -0.3 is 15.2 Å². The first-order chi connectivity index (χ1) is 8.17. The van der Waals surface area contributed by atoms with Gasteiger partial charge in [-0.25, -0.2) is 0 Å². The monoisotopic (exact) mass is 237 g/mol. The molecule has 1 amide bonds. The minimum Gasteiger partial charge on any atom is -0.508 e. The predicted octanol–water partition coefficient (Wildman–Crippen LogP) is 1.94. The third-order valence-corrected chi connectivity index (χ3v) is 2.45. The molecule has 2 N–H and O–H groups in total. The highest BCUT2D eigenvalue weighted by atomic mass is 16.5. The average molecular weight is 237 g/mol. The number of nitrogens with one attached hydrogen (secondary N) is 1. The molecule has 0 aliphatic rings. The number of carbonyl (C=O) groups is 1. The van der Waals surface area contributed by atoms with Crippen molar-refractivity contribution in [2.24, 2.45) is 0 Å². The number of phenolic OH excluding ortho intramolecular Hbond substituents is 1. The molecule has 4 nitrogen and oxygen atoms in total. The van der Waals surface area contributed by atoms with E-state index < -0.39 is 0 Å². The molecule has 1 rings (SSSR count). The zero-order valence-electron chi connectivity index (χ0n) is 10.3. The van der Waals surface area contributed by atoms with Crippen LogP contribution in [0.5, 0.6) is 5.75 Å². The molecule has 0 bridgehead atoms. The molecule has 0 saturated heterocycles. The van der Waals surface area contributed by atoms with E-state index in [0.717, 1.165) is 12.8 Å². The Morgan fingerprint density at radius 2 is 2.29 bits per heavy atom. The third-order valence-electron chi connectivity index (χ3n) is 2.45. The van der Waals surface area contributed by atoms with Crippen LogP contribution in [0.15, 0.2) is 24.3 Å². The molecule has 1 unspecified atom stereocenters. The Morgan fingerprint density at radius 3 is 2.88 bits per heavy atom. The molecule has 17 heavy (non-hydrogen) atoms. The van der Waals surface area contributed by atoms with Gasteiger partial charge in [0.25, 0.3) is 5.91 Å². The van der Waals surface area contributed by atoms with E-state index in [9.17, 15) is 9.90 Å². The standard InChI is InChI=1S/C13H19NO3/c1-3-5-11(9-17-2)14-13(16)10-6-4-7-12(15)8-10/h4,6-8,11,15H,3,5,9H2,1-2H3,(H,14,16). The van der Waals surface area contributed by atoms with Crippen LogP contribution in [-0.4, -0.2) is 30.8 Å². The summed E-state index contributed by atoms with van der Waals surface area (Å²) in [5, 5.41) is 12.2. The van der Waals surface area contributed by atoms with Gasteiger partial charge in [-0.05, 0) is 24.6 Å². The van der Waals surface area contributed by atoms with Crippen LogP contribution in [0, 0.1) is 0 Å². The van der Waals surface area contributed by atoms with Gasteiger partial charge in [-0.3, -0.25) is 4.79 Å². The fraction of sp³-hybridized carbons (Fsp3) is 0.462. The molecule has 0 aliphatic heterocycles. The lowest BCUT2D eigenvalue weighted by Gasteiger charge is -2.17. The summed E-state index contributed by atoms with van der Waals surface area (Å²) in [6.45, 7) is 2.56. The molecule has 0 saturated carbocycles. The number of ether oxygens (including phenoxy) is 1. The maximum Gasteiger partial charge on any atom is 0.251 e. The van der Waals surface area contributed by atoms with E-state index in [0.29, 0.717) is 12.2 Å². The molecule has 0 fully saturated rings. The summed E-state index contributed by atoms with van der Waals surface area (Å²) in [7, 11) is 1.61. The Morgan fingerprint density at radius 1 is 1.53 bits per heavy atom. The first-order valence-corrected chi connectivity index (χ1v) is 5.76. The van der Waals surface area contributed by atoms with Crippen molar-refractivity contribution in [3.05, 3.63) is 29.8 Å². The van der Waals surface area contributed by atoms with Crippen LogP contribution >= 0.6 is 0 Å². The second-order valence-electron chi connectivity index (χ2n) is 3.96. The van der Waals surface area contributed by atoms with E-state index in [1.54, 1.807) is 19.2 Å². The second kappa shape index (κ2) is 6.91. The zero-order valence-corrected chi connectivity index (χ0v) is 10.3. The van der Waals surface area contributed by atoms with Crippen LogP contribution in [0.1, 0.15) is 30.1 Å². The Hall–Kier alpha value is -1.55. The quantitative estimate of drug-likeness (QED) is 0.795. The van der Waals surface area contributed by atoms with Gasteiger partial charge in [0.1, 0.15) is 5.75 Å². The van der Waals surface area contributed by atoms with Crippen LogP contribution < -0.4 is 5.32 Å². The van der Waals surface area contributed by atoms with Crippen LogP contribution in [0.4, 0.5) is 0 Å². The van der Waals surface area contributed by atoms with E-state index in [4.69, 9.17) is 4.74 Å². The highest BCUT2D eigenvalue weighted by Gasteiger charge is 2.13. The van der Waals surface area contributed by atoms with Gasteiger partial charge in [-0.1, -0.05) is 19.4 Å². The van der Waals surface area contributed by atoms with Gasteiger partial charge >= 0.3 is 0 Å². The average Bonchev–Trinajstić information content (AvgIpc) is 2.29. The number of phenols is 1. The Balaban J connectivity index is 2.63. The number of rotatable bonds is 6. The minimum atomic E-state index is -0.184. The molecular formula is C13H19NO3. The molecule has 0 radical (unpaired) electrons. The van der Waals surface area contributed by atoms with Gasteiger partial charge in [0.15, 0.2) is 0 Å². The Kier molecular flexibility index (Phi) is 5.49. The zero-order chi connectivity index (χ0) is 12.7. The molecule has 0 aromatic heterocycles. The van der Waals surface area contributed by atoms with Crippen molar-refractivity contribution < 1.29 is 14.6 Å². The Bertz CT molecular complexity index is 359. The van der Waals surface area contributed by atoms with E-state index in [-0.39, 0.29) is 17.7 Å². The smallest absolute Gasteiger partial charge is 0.251 e. The molecule has 0 spiro atoms. The number of hydrogen-bond donors (Lipinski definition) is 2. The highest BCUT2D eigenvalue weighted by Crippen LogP contribution is 2.11. The van der Waals surface area contributed by atoms with E-state index in [1.165, 1.54) is 12.1 Å². The Labute approximate surface area is 102 Å². The summed E-state index contributed by atoms with van der Waals surface area (Å²) in [5.74, 6) is -0.0900. The third kappa shape index (κ3) is 4.44. The number of methoxy groups -OCH3 is 1. The fourth-order valence-corrected chi connectivity index (χ4v) is 1.66. The molecule has 94 valence electrons. The molecule has 0 heterocycles. The number of carbonyl (C=O) groups excluding carboxylic acids is 1. The van der Waals surface area contributed by atoms with Gasteiger partial charge in [0.2, 0.25) is 0 Å². The molecule has 1 atom stereocenters. The van der Waals surface area contributed by atoms with Gasteiger partial charge in [0, 0.05) is 12.7 Å². The maximum absolute atomic E-state index is 11.9.